The summed E-state index contributed by atoms with van der Waals surface area (Å²) in [5, 5.41) is 8.75. The summed E-state index contributed by atoms with van der Waals surface area (Å²) in [4.78, 5) is 13.2. The number of ether oxygens (including phenoxy) is 2. The average Bonchev–Trinajstić information content (AvgIpc) is 2.74. The zero-order chi connectivity index (χ0) is 26.1. The molecule has 0 aliphatic rings. The molecule has 0 saturated heterocycles. The number of carbonyl (C=O) groups excluding carboxylic acids is 1. The molecule has 2 N–H and O–H groups in total. The maximum Gasteiger partial charge on any atom is 0.435 e. The van der Waals surface area contributed by atoms with Gasteiger partial charge in [-0.25, -0.2) is 13.4 Å². The minimum atomic E-state index is -4.95. The smallest absolute Gasteiger partial charge is 0.435 e. The number of carbonyl (C=O) groups is 1. The van der Waals surface area contributed by atoms with E-state index in [0.717, 1.165) is 19.1 Å². The van der Waals surface area contributed by atoms with E-state index < -0.39 is 56.1 Å². The zero-order valence-electron chi connectivity index (χ0n) is 18.3. The second-order valence-corrected chi connectivity index (χ2v) is 9.76. The summed E-state index contributed by atoms with van der Waals surface area (Å²) in [5.41, 5.74) is -2.70. The van der Waals surface area contributed by atoms with Crippen LogP contribution >= 0.6 is 11.6 Å². The van der Waals surface area contributed by atoms with Crippen LogP contribution in [0.2, 0.25) is 5.02 Å². The van der Waals surface area contributed by atoms with Crippen molar-refractivity contribution in [1.82, 2.24) is 10.2 Å². The van der Waals surface area contributed by atoms with Gasteiger partial charge >= 0.3 is 6.18 Å². The van der Waals surface area contributed by atoms with E-state index >= 15 is 0 Å². The summed E-state index contributed by atoms with van der Waals surface area (Å²) in [6, 6.07) is 7.32. The summed E-state index contributed by atoms with van der Waals surface area (Å²) in [6.45, 7) is 0.983. The van der Waals surface area contributed by atoms with Crippen LogP contribution in [0.3, 0.4) is 0 Å². The van der Waals surface area contributed by atoms with Crippen molar-refractivity contribution >= 4 is 32.9 Å². The van der Waals surface area contributed by atoms with Crippen molar-refractivity contribution in [3.05, 3.63) is 64.1 Å². The molecule has 0 aliphatic carbocycles. The first kappa shape index (κ1) is 26.2. The molecule has 14 heteroatoms. The molecule has 1 heterocycles. The average molecular weight is 533 g/mol. The number of nitrogens with zero attached hydrogens (tertiary/aromatic N) is 2. The van der Waals surface area contributed by atoms with Crippen LogP contribution in [0.25, 0.3) is 0 Å². The van der Waals surface area contributed by atoms with Gasteiger partial charge in [-0.1, -0.05) is 17.7 Å². The minimum Gasteiger partial charge on any atom is -0.495 e. The summed E-state index contributed by atoms with van der Waals surface area (Å²) in [5.74, 6) is -3.34. The molecule has 3 rings (SSSR count). The van der Waals surface area contributed by atoms with Gasteiger partial charge in [-0.15, -0.1) is 10.2 Å². The summed E-state index contributed by atoms with van der Waals surface area (Å²) >= 11 is 5.85. The Hall–Kier alpha value is -3.45. The van der Waals surface area contributed by atoms with Crippen LogP contribution < -0.4 is 14.8 Å². The normalized spacial score (nSPS) is 13.1. The molecule has 35 heavy (non-hydrogen) atoms. The van der Waals surface area contributed by atoms with Gasteiger partial charge in [-0.05, 0) is 30.7 Å². The van der Waals surface area contributed by atoms with Crippen molar-refractivity contribution in [3.8, 4) is 17.4 Å². The number of alkyl halides is 3. The van der Waals surface area contributed by atoms with Gasteiger partial charge in [0, 0.05) is 29.0 Å². The fourth-order valence-corrected chi connectivity index (χ4v) is 3.88. The Morgan fingerprint density at radius 2 is 1.86 bits per heavy atom. The number of nitrogens with one attached hydrogen (secondary N) is 2. The van der Waals surface area contributed by atoms with E-state index in [0.29, 0.717) is 0 Å². The zero-order valence-corrected chi connectivity index (χ0v) is 19.9. The van der Waals surface area contributed by atoms with Gasteiger partial charge in [0.15, 0.2) is 17.3 Å². The van der Waals surface area contributed by atoms with Crippen LogP contribution in [0.15, 0.2) is 41.3 Å². The lowest BCUT2D eigenvalue weighted by Gasteiger charge is -2.17. The molecule has 1 atom stereocenters. The highest BCUT2D eigenvalue weighted by molar-refractivity contribution is 7.91. The molecule has 1 aromatic heterocycles. The molecule has 1 amide bonds. The maximum atomic E-state index is 14.4. The first-order valence-electron chi connectivity index (χ1n) is 9.53. The second-order valence-electron chi connectivity index (χ2n) is 7.20. The molecule has 0 aliphatic heterocycles. The van der Waals surface area contributed by atoms with E-state index in [1.807, 2.05) is 0 Å². The van der Waals surface area contributed by atoms with Crippen LogP contribution in [-0.4, -0.2) is 33.7 Å². The van der Waals surface area contributed by atoms with E-state index in [1.165, 1.54) is 37.6 Å². The number of methoxy groups -OCH3 is 1. The molecule has 0 fully saturated rings. The van der Waals surface area contributed by atoms with Crippen LogP contribution in [-0.2, 0) is 15.9 Å². The molecule has 0 bridgehead atoms. The van der Waals surface area contributed by atoms with Gasteiger partial charge < -0.3 is 14.8 Å². The molecule has 1 unspecified atom stereocenters. The Labute approximate surface area is 202 Å². The van der Waals surface area contributed by atoms with Crippen molar-refractivity contribution in [3.63, 3.8) is 0 Å². The Balaban J connectivity index is 2.11. The molecule has 0 saturated carbocycles. The van der Waals surface area contributed by atoms with E-state index in [-0.39, 0.29) is 21.4 Å². The highest BCUT2D eigenvalue weighted by Crippen LogP contribution is 2.37. The summed E-state index contributed by atoms with van der Waals surface area (Å²) < 4.78 is 84.8. The lowest BCUT2D eigenvalue weighted by atomic mass is 10.1. The number of amides is 1. The minimum absolute atomic E-state index is 0.000956. The lowest BCUT2D eigenvalue weighted by molar-refractivity contribution is -0.142. The summed E-state index contributed by atoms with van der Waals surface area (Å²) in [6.07, 6.45) is -3.78. The van der Waals surface area contributed by atoms with Crippen molar-refractivity contribution in [2.75, 3.05) is 18.7 Å². The van der Waals surface area contributed by atoms with E-state index in [2.05, 4.69) is 15.5 Å². The third-order valence-electron chi connectivity index (χ3n) is 4.64. The summed E-state index contributed by atoms with van der Waals surface area (Å²) in [7, 11) is -1.88. The Bertz CT molecular complexity index is 1420. The van der Waals surface area contributed by atoms with Gasteiger partial charge in [0.2, 0.25) is 0 Å². The van der Waals surface area contributed by atoms with Gasteiger partial charge in [-0.3, -0.25) is 4.79 Å². The molecule has 0 spiro atoms. The van der Waals surface area contributed by atoms with Gasteiger partial charge in [-0.2, -0.15) is 13.2 Å². The quantitative estimate of drug-likeness (QED) is 0.394. The standard InChI is InChI=1S/C21H17ClF4N4O4S/c1-10-17(19(31)28-11-5-4-6-12(7-11)35(3,27)32)20(30-29-18(10)21(24,25)26)34-16-9-15(33-2)13(22)8-14(16)23/h4-9,27H,1-3H3,(H,28,31). The molecule has 2 aromatic carbocycles. The van der Waals surface area contributed by atoms with Gasteiger partial charge in [0.1, 0.15) is 11.3 Å². The monoisotopic (exact) mass is 532 g/mol. The molecule has 8 nitrogen and oxygen atoms in total. The number of aromatic nitrogens is 2. The SMILES string of the molecule is COc1cc(Oc2nnc(C(F)(F)F)c(C)c2C(=O)Nc2cccc(S(C)(=N)=O)c2)c(F)cc1Cl. The third kappa shape index (κ3) is 5.80. The van der Waals surface area contributed by atoms with Crippen molar-refractivity contribution in [2.24, 2.45) is 0 Å². The fourth-order valence-electron chi connectivity index (χ4n) is 2.97. The largest absolute Gasteiger partial charge is 0.495 e. The van der Waals surface area contributed by atoms with Crippen molar-refractivity contribution in [2.45, 2.75) is 18.0 Å². The van der Waals surface area contributed by atoms with Crippen LogP contribution in [0.1, 0.15) is 21.6 Å². The molecule has 186 valence electrons. The van der Waals surface area contributed by atoms with E-state index in [1.54, 1.807) is 0 Å². The Kier molecular flexibility index (Phi) is 7.22. The molecule has 3 aromatic rings. The highest BCUT2D eigenvalue weighted by Gasteiger charge is 2.38. The van der Waals surface area contributed by atoms with Crippen molar-refractivity contribution < 1.29 is 36.0 Å². The molecule has 0 radical (unpaired) electrons. The molecular formula is C21H17ClF4N4O4S. The fraction of sp³-hybridized carbons (Fsp3) is 0.190. The maximum absolute atomic E-state index is 14.4. The number of benzene rings is 2. The topological polar surface area (TPSA) is 114 Å². The highest BCUT2D eigenvalue weighted by atomic mass is 35.5. The van der Waals surface area contributed by atoms with Crippen LogP contribution in [0.5, 0.6) is 17.4 Å². The number of anilines is 1. The first-order valence-corrected chi connectivity index (χ1v) is 11.9. The van der Waals surface area contributed by atoms with E-state index in [4.69, 9.17) is 25.9 Å². The second kappa shape index (κ2) is 9.66. The predicted octanol–water partition coefficient (Wildman–Crippen LogP) is 5.68. The Morgan fingerprint density at radius 1 is 1.17 bits per heavy atom. The first-order chi connectivity index (χ1) is 16.2. The van der Waals surface area contributed by atoms with Gasteiger partial charge in [0.25, 0.3) is 11.8 Å². The number of hydrogen-bond acceptors (Lipinski definition) is 7. The number of rotatable bonds is 6. The van der Waals surface area contributed by atoms with Gasteiger partial charge in [0.05, 0.1) is 21.9 Å². The van der Waals surface area contributed by atoms with Crippen LogP contribution in [0, 0.1) is 17.5 Å². The van der Waals surface area contributed by atoms with E-state index in [9.17, 15) is 26.6 Å². The lowest BCUT2D eigenvalue weighted by Crippen LogP contribution is -2.21. The van der Waals surface area contributed by atoms with Crippen LogP contribution in [0.4, 0.5) is 23.2 Å². The molecular weight excluding hydrogens is 516 g/mol. The Morgan fingerprint density at radius 3 is 2.46 bits per heavy atom. The number of hydrogen-bond donors (Lipinski definition) is 2. The third-order valence-corrected chi connectivity index (χ3v) is 6.08. The predicted molar refractivity (Wildman–Crippen MR) is 119 cm³/mol. The number of halogens is 5. The van der Waals surface area contributed by atoms with Crippen molar-refractivity contribution in [1.29, 1.82) is 4.78 Å².